The molecule has 8 nitrogen and oxygen atoms in total. The third-order valence-electron chi connectivity index (χ3n) is 4.97. The smallest absolute Gasteiger partial charge is 0.378 e. The maximum Gasteiger partial charge on any atom is 0.379 e. The van der Waals surface area contributed by atoms with Crippen LogP contribution in [-0.2, 0) is 11.8 Å². The number of halogens is 3. The second-order valence-electron chi connectivity index (χ2n) is 7.25. The minimum absolute atomic E-state index is 0.521. The van der Waals surface area contributed by atoms with Crippen LogP contribution in [0.3, 0.4) is 0 Å². The third-order valence-corrected chi connectivity index (χ3v) is 4.97. The molecule has 1 saturated heterocycles. The van der Waals surface area contributed by atoms with Gasteiger partial charge in [-0.25, -0.2) is 15.0 Å². The van der Waals surface area contributed by atoms with Crippen molar-refractivity contribution in [1.82, 2.24) is 29.7 Å². The van der Waals surface area contributed by atoms with Crippen LogP contribution in [0.4, 0.5) is 19.1 Å². The maximum atomic E-state index is 9.67. The molecule has 1 saturated carbocycles. The van der Waals surface area contributed by atoms with Gasteiger partial charge < -0.3 is 9.64 Å². The van der Waals surface area contributed by atoms with E-state index in [1.807, 2.05) is 32.4 Å². The highest BCUT2D eigenvalue weighted by molar-refractivity contribution is 5.74. The van der Waals surface area contributed by atoms with Crippen molar-refractivity contribution in [2.24, 2.45) is 7.05 Å². The fourth-order valence-corrected chi connectivity index (χ4v) is 3.22. The molecule has 2 fully saturated rings. The summed E-state index contributed by atoms with van der Waals surface area (Å²) in [6, 6.07) is 1.89. The van der Waals surface area contributed by atoms with Crippen molar-refractivity contribution in [1.29, 1.82) is 0 Å². The Balaban J connectivity index is 0.000000227. The lowest BCUT2D eigenvalue weighted by Crippen LogP contribution is -2.37. The highest BCUT2D eigenvalue weighted by atomic mass is 19.4. The summed E-state index contributed by atoms with van der Waals surface area (Å²) in [5, 5.41) is 3.83. The van der Waals surface area contributed by atoms with Crippen LogP contribution in [0.1, 0.15) is 36.6 Å². The van der Waals surface area contributed by atoms with E-state index in [-0.39, 0.29) is 0 Å². The molecule has 1 aliphatic heterocycles. The first-order chi connectivity index (χ1) is 14.9. The average Bonchev–Trinajstić information content (AvgIpc) is 3.18. The Bertz CT molecular complexity index is 943. The van der Waals surface area contributed by atoms with Gasteiger partial charge in [0.15, 0.2) is 5.65 Å². The van der Waals surface area contributed by atoms with Crippen molar-refractivity contribution >= 4 is 17.1 Å². The molecule has 0 radical (unpaired) electrons. The topological polar surface area (TPSA) is 81.9 Å². The van der Waals surface area contributed by atoms with Crippen molar-refractivity contribution in [2.75, 3.05) is 31.2 Å². The summed E-state index contributed by atoms with van der Waals surface area (Å²) in [6.07, 6.45) is 9.12. The number of morpholine rings is 1. The predicted octanol–water partition coefficient (Wildman–Crippen LogP) is 3.43. The summed E-state index contributed by atoms with van der Waals surface area (Å²) in [6.45, 7) is 1.44. The van der Waals surface area contributed by atoms with E-state index in [4.69, 9.17) is 9.72 Å². The van der Waals surface area contributed by atoms with Crippen molar-refractivity contribution in [3.63, 3.8) is 0 Å². The van der Waals surface area contributed by atoms with Gasteiger partial charge in [0, 0.05) is 44.6 Å². The van der Waals surface area contributed by atoms with E-state index in [0.29, 0.717) is 5.92 Å². The zero-order chi connectivity index (χ0) is 22.2. The number of anilines is 1. The molecule has 4 heterocycles. The van der Waals surface area contributed by atoms with Gasteiger partial charge in [0.1, 0.15) is 5.52 Å². The fourth-order valence-electron chi connectivity index (χ4n) is 3.22. The molecule has 11 heteroatoms. The number of ether oxygens (including phenoxy) is 1. The van der Waals surface area contributed by atoms with E-state index in [2.05, 4.69) is 25.0 Å². The van der Waals surface area contributed by atoms with Gasteiger partial charge in [-0.05, 0) is 25.8 Å². The summed E-state index contributed by atoms with van der Waals surface area (Å²) >= 11 is 0. The van der Waals surface area contributed by atoms with Gasteiger partial charge in [-0.2, -0.15) is 23.3 Å². The summed E-state index contributed by atoms with van der Waals surface area (Å²) in [7, 11) is 1.89. The van der Waals surface area contributed by atoms with Gasteiger partial charge >= 0.3 is 6.68 Å². The van der Waals surface area contributed by atoms with Gasteiger partial charge in [0.2, 0.25) is 5.95 Å². The lowest BCUT2D eigenvalue weighted by molar-refractivity contribution is 0.00819. The number of hydrogen-bond acceptors (Lipinski definition) is 7. The summed E-state index contributed by atoms with van der Waals surface area (Å²) in [4.78, 5) is 20.8. The van der Waals surface area contributed by atoms with Crippen LogP contribution in [0.15, 0.2) is 24.7 Å². The van der Waals surface area contributed by atoms with E-state index in [1.54, 1.807) is 10.9 Å². The van der Waals surface area contributed by atoms with E-state index in [0.717, 1.165) is 54.8 Å². The minimum atomic E-state index is -3.67. The van der Waals surface area contributed by atoms with Gasteiger partial charge in [0.05, 0.1) is 24.6 Å². The standard InChI is InChI=1S/C15H19N5O.C4H6N2.CHF3/c1-10-9-16-13-12(11-3-2-4-11)18-15(19-14(13)17-10)20-5-7-21-8-6-20;1-6-4-2-3-5-6;2-1(3)4/h9,11H,2-8H2,1H3;2-4H,1H3;1H. The zero-order valence-corrected chi connectivity index (χ0v) is 17.6. The Morgan fingerprint density at radius 2 is 1.81 bits per heavy atom. The number of nitrogens with zero attached hydrogens (tertiary/aromatic N) is 7. The highest BCUT2D eigenvalue weighted by Crippen LogP contribution is 2.38. The molecule has 0 aromatic carbocycles. The Morgan fingerprint density at radius 1 is 1.10 bits per heavy atom. The first-order valence-corrected chi connectivity index (χ1v) is 10.1. The summed E-state index contributed by atoms with van der Waals surface area (Å²) in [5.74, 6) is 1.31. The number of aryl methyl sites for hydroxylation is 2. The molecule has 0 amide bonds. The Hall–Kier alpha value is -2.82. The number of alkyl halides is 3. The molecule has 0 atom stereocenters. The first kappa shape index (κ1) is 22.9. The predicted molar refractivity (Wildman–Crippen MR) is 110 cm³/mol. The van der Waals surface area contributed by atoms with Crippen molar-refractivity contribution in [3.05, 3.63) is 36.0 Å². The van der Waals surface area contributed by atoms with Gasteiger partial charge in [0.25, 0.3) is 0 Å². The summed E-state index contributed by atoms with van der Waals surface area (Å²) in [5.41, 5.74) is 3.59. The fraction of sp³-hybridized carbons (Fsp3) is 0.550. The Morgan fingerprint density at radius 3 is 2.32 bits per heavy atom. The lowest BCUT2D eigenvalue weighted by Gasteiger charge is -2.29. The van der Waals surface area contributed by atoms with Crippen molar-refractivity contribution < 1.29 is 17.9 Å². The number of hydrogen-bond donors (Lipinski definition) is 0. The molecule has 0 N–H and O–H groups in total. The monoisotopic (exact) mass is 437 g/mol. The van der Waals surface area contributed by atoms with Gasteiger partial charge in [-0.15, -0.1) is 0 Å². The van der Waals surface area contributed by atoms with Crippen molar-refractivity contribution in [2.45, 2.75) is 38.8 Å². The molecule has 2 aliphatic rings. The van der Waals surface area contributed by atoms with Crippen molar-refractivity contribution in [3.8, 4) is 0 Å². The molecule has 0 bridgehead atoms. The molecule has 0 unspecified atom stereocenters. The average molecular weight is 437 g/mol. The van der Waals surface area contributed by atoms with E-state index < -0.39 is 6.68 Å². The SMILES string of the molecule is Cc1cnc2c(C3CCC3)nc(N3CCOCC3)nc2n1.Cn1cccn1.FC(F)F. The molecule has 1 aliphatic carbocycles. The molecular weight excluding hydrogens is 411 g/mol. The summed E-state index contributed by atoms with van der Waals surface area (Å²) < 4.78 is 36.2. The second kappa shape index (κ2) is 11.0. The molecule has 0 spiro atoms. The zero-order valence-electron chi connectivity index (χ0n) is 17.6. The Kier molecular flexibility index (Phi) is 8.10. The van der Waals surface area contributed by atoms with E-state index in [1.165, 1.54) is 19.3 Å². The lowest BCUT2D eigenvalue weighted by atomic mass is 9.82. The van der Waals surface area contributed by atoms with Crippen LogP contribution in [0.2, 0.25) is 0 Å². The van der Waals surface area contributed by atoms with Crippen LogP contribution in [0, 0.1) is 6.92 Å². The number of fused-ring (bicyclic) bond motifs is 1. The van der Waals surface area contributed by atoms with E-state index in [9.17, 15) is 13.2 Å². The van der Waals surface area contributed by atoms with E-state index >= 15 is 0 Å². The van der Waals surface area contributed by atoms with Crippen LogP contribution in [-0.4, -0.2) is 62.7 Å². The van der Waals surface area contributed by atoms with Crippen LogP contribution < -0.4 is 4.90 Å². The van der Waals surface area contributed by atoms with Crippen LogP contribution in [0.5, 0.6) is 0 Å². The minimum Gasteiger partial charge on any atom is -0.378 e. The number of aromatic nitrogens is 6. The third kappa shape index (κ3) is 6.58. The largest absolute Gasteiger partial charge is 0.379 e. The second-order valence-corrected chi connectivity index (χ2v) is 7.25. The van der Waals surface area contributed by atoms with Crippen LogP contribution >= 0.6 is 0 Å². The number of rotatable bonds is 2. The highest BCUT2D eigenvalue weighted by Gasteiger charge is 2.26. The first-order valence-electron chi connectivity index (χ1n) is 10.1. The molecule has 3 aromatic rings. The van der Waals surface area contributed by atoms with Gasteiger partial charge in [-0.1, -0.05) is 6.42 Å². The Labute approximate surface area is 178 Å². The molecule has 3 aromatic heterocycles. The molecular formula is C20H26F3N7O. The normalized spacial score (nSPS) is 16.3. The molecule has 168 valence electrons. The van der Waals surface area contributed by atoms with Crippen LogP contribution in [0.25, 0.3) is 11.2 Å². The quantitative estimate of drug-likeness (QED) is 0.608. The van der Waals surface area contributed by atoms with Gasteiger partial charge in [-0.3, -0.25) is 4.68 Å². The molecule has 31 heavy (non-hydrogen) atoms. The maximum absolute atomic E-state index is 9.67. The molecule has 5 rings (SSSR count).